The Morgan fingerprint density at radius 2 is 1.89 bits per heavy atom. The first-order chi connectivity index (χ1) is 21.7. The minimum Gasteiger partial charge on any atom is -0.504 e. The van der Waals surface area contributed by atoms with E-state index in [1.54, 1.807) is 29.0 Å². The van der Waals surface area contributed by atoms with E-state index in [0.29, 0.717) is 16.9 Å². The molecule has 4 heterocycles. The van der Waals surface area contributed by atoms with Crippen LogP contribution in [0.4, 0.5) is 14.5 Å². The van der Waals surface area contributed by atoms with Crippen LogP contribution in [0.15, 0.2) is 35.8 Å². The number of rotatable bonds is 5. The lowest BCUT2D eigenvalue weighted by Crippen LogP contribution is -2.54. The lowest BCUT2D eigenvalue weighted by molar-refractivity contribution is -0.128. The van der Waals surface area contributed by atoms with Gasteiger partial charge in [0.2, 0.25) is 5.91 Å². The molecule has 238 valence electrons. The number of carbonyl (C=O) groups excluding carboxylic acids is 1. The number of hydrogen-bond donors (Lipinski definition) is 1. The summed E-state index contributed by atoms with van der Waals surface area (Å²) in [5.74, 6) is -4.29. The number of nitrogens with zero attached hydrogens (tertiary/aromatic N) is 6. The largest absolute Gasteiger partial charge is 0.504 e. The molecule has 0 aliphatic carbocycles. The van der Waals surface area contributed by atoms with E-state index in [0.717, 1.165) is 0 Å². The number of phenols is 1. The molecule has 3 aromatic heterocycles. The van der Waals surface area contributed by atoms with Gasteiger partial charge in [-0.3, -0.25) is 19.1 Å². The van der Waals surface area contributed by atoms with E-state index in [1.165, 1.54) is 16.7 Å². The van der Waals surface area contributed by atoms with Crippen molar-refractivity contribution in [1.82, 2.24) is 19.4 Å². The van der Waals surface area contributed by atoms with Crippen LogP contribution in [0.3, 0.4) is 0 Å². The van der Waals surface area contributed by atoms with Gasteiger partial charge in [0.05, 0.1) is 38.4 Å². The maximum absolute atomic E-state index is 15.5. The highest BCUT2D eigenvalue weighted by molar-refractivity contribution is 6.39. The number of aromatic hydroxyl groups is 1. The number of halogens is 5. The molecule has 1 amide bonds. The van der Waals surface area contributed by atoms with Crippen molar-refractivity contribution in [2.45, 2.75) is 39.7 Å². The van der Waals surface area contributed by atoms with Gasteiger partial charge in [0.15, 0.2) is 17.4 Å². The maximum Gasteiger partial charge on any atom is 0.276 e. The van der Waals surface area contributed by atoms with Gasteiger partial charge < -0.3 is 14.9 Å². The van der Waals surface area contributed by atoms with Crippen LogP contribution < -0.4 is 10.5 Å². The van der Waals surface area contributed by atoms with Crippen LogP contribution in [0, 0.1) is 29.9 Å². The van der Waals surface area contributed by atoms with Crippen LogP contribution in [-0.2, 0) is 4.79 Å². The minimum atomic E-state index is -1.37. The molecule has 14 heteroatoms. The predicted octanol–water partition coefficient (Wildman–Crippen LogP) is 6.92. The van der Waals surface area contributed by atoms with E-state index in [4.69, 9.17) is 34.8 Å². The monoisotopic (exact) mass is 686 g/mol. The van der Waals surface area contributed by atoms with Crippen LogP contribution >= 0.6 is 34.8 Å². The number of nitriles is 1. The molecule has 1 fully saturated rings. The van der Waals surface area contributed by atoms with Gasteiger partial charge >= 0.3 is 0 Å². The van der Waals surface area contributed by atoms with Gasteiger partial charge in [-0.25, -0.2) is 13.8 Å². The average Bonchev–Trinajstić information content (AvgIpc) is 3.02. The number of piperazine rings is 1. The summed E-state index contributed by atoms with van der Waals surface area (Å²) in [5, 5.41) is 19.0. The van der Waals surface area contributed by atoms with Gasteiger partial charge in [0.1, 0.15) is 22.3 Å². The van der Waals surface area contributed by atoms with E-state index in [9.17, 15) is 24.3 Å². The van der Waals surface area contributed by atoms with E-state index in [1.807, 2.05) is 20.8 Å². The van der Waals surface area contributed by atoms with Crippen LogP contribution in [0.1, 0.15) is 43.5 Å². The standard InChI is InChI=1S/C32H27Cl3F2N6O3/c1-6-20(44)42-10-9-41(13-16(42)5)29-17-11-19(33)27(21-22(34)25(37)23(35)30(45)24(21)36)40-31(17)43(32(46)18(29)12-38)28-15(4)7-8-39-26(28)14(2)3/h6-8,11,14,16,45H,1,9-10,13H2,2-5H3/t16-/m1/s1. The van der Waals surface area contributed by atoms with Crippen molar-refractivity contribution in [2.24, 2.45) is 0 Å². The quantitative estimate of drug-likeness (QED) is 0.138. The number of benzene rings is 1. The number of aromatic nitrogens is 3. The Bertz CT molecular complexity index is 2030. The Balaban J connectivity index is 1.94. The molecular formula is C32H27Cl3F2N6O3. The normalized spacial score (nSPS) is 15.0. The number of amides is 1. The summed E-state index contributed by atoms with van der Waals surface area (Å²) in [6, 6.07) is 4.81. The van der Waals surface area contributed by atoms with E-state index < -0.39 is 38.6 Å². The number of fused-ring (bicyclic) bond motifs is 1. The number of hydrogen-bond acceptors (Lipinski definition) is 7. The number of anilines is 1. The summed E-state index contributed by atoms with van der Waals surface area (Å²) >= 11 is 18.7. The molecule has 0 saturated carbocycles. The third-order valence-corrected chi connectivity index (χ3v) is 8.98. The summed E-state index contributed by atoms with van der Waals surface area (Å²) in [4.78, 5) is 39.4. The molecule has 0 radical (unpaired) electrons. The van der Waals surface area contributed by atoms with Gasteiger partial charge in [-0.1, -0.05) is 55.2 Å². The molecule has 1 saturated heterocycles. The summed E-state index contributed by atoms with van der Waals surface area (Å²) in [6.45, 7) is 11.7. The average molecular weight is 688 g/mol. The minimum absolute atomic E-state index is 0.0565. The molecule has 0 unspecified atom stereocenters. The zero-order chi connectivity index (χ0) is 33.8. The Hall–Kier alpha value is -4.24. The smallest absolute Gasteiger partial charge is 0.276 e. The first-order valence-electron chi connectivity index (χ1n) is 14.1. The Morgan fingerprint density at radius 1 is 1.20 bits per heavy atom. The van der Waals surface area contributed by atoms with E-state index in [-0.39, 0.29) is 70.5 Å². The summed E-state index contributed by atoms with van der Waals surface area (Å²) in [5.41, 5.74) is -0.361. The fraction of sp³-hybridized carbons (Fsp3) is 0.281. The topological polar surface area (TPSA) is 115 Å². The molecule has 0 spiro atoms. The zero-order valence-electron chi connectivity index (χ0n) is 25.1. The van der Waals surface area contributed by atoms with Crippen molar-refractivity contribution >= 4 is 57.4 Å². The third kappa shape index (κ3) is 5.24. The number of pyridine rings is 3. The molecular weight excluding hydrogens is 661 g/mol. The van der Waals surface area contributed by atoms with E-state index >= 15 is 4.39 Å². The lowest BCUT2D eigenvalue weighted by atomic mass is 10.0. The summed E-state index contributed by atoms with van der Waals surface area (Å²) < 4.78 is 31.7. The Morgan fingerprint density at radius 3 is 2.50 bits per heavy atom. The second kappa shape index (κ2) is 12.5. The van der Waals surface area contributed by atoms with Crippen molar-refractivity contribution in [3.63, 3.8) is 0 Å². The fourth-order valence-corrected chi connectivity index (χ4v) is 6.54. The van der Waals surface area contributed by atoms with Crippen LogP contribution in [0.5, 0.6) is 5.75 Å². The van der Waals surface area contributed by atoms with E-state index in [2.05, 4.69) is 22.6 Å². The fourth-order valence-electron chi connectivity index (χ4n) is 5.80. The molecule has 46 heavy (non-hydrogen) atoms. The van der Waals surface area contributed by atoms with Crippen molar-refractivity contribution in [2.75, 3.05) is 24.5 Å². The highest BCUT2D eigenvalue weighted by atomic mass is 35.5. The molecule has 1 aliphatic rings. The molecule has 1 atom stereocenters. The van der Waals surface area contributed by atoms with Crippen molar-refractivity contribution in [3.05, 3.63) is 84.9 Å². The van der Waals surface area contributed by atoms with Gasteiger partial charge in [-0.05, 0) is 43.5 Å². The second-order valence-corrected chi connectivity index (χ2v) is 12.4. The van der Waals surface area contributed by atoms with Crippen LogP contribution in [-0.4, -0.2) is 56.1 Å². The van der Waals surface area contributed by atoms with Crippen molar-refractivity contribution < 1.29 is 18.7 Å². The third-order valence-electron chi connectivity index (χ3n) is 7.99. The molecule has 5 rings (SSSR count). The van der Waals surface area contributed by atoms with Gasteiger partial charge in [-0.15, -0.1) is 0 Å². The maximum atomic E-state index is 15.5. The van der Waals surface area contributed by atoms with Gasteiger partial charge in [0, 0.05) is 37.3 Å². The number of phenolic OH excluding ortho intramolecular Hbond substituents is 1. The van der Waals surface area contributed by atoms with Gasteiger partial charge in [-0.2, -0.15) is 5.26 Å². The van der Waals surface area contributed by atoms with Gasteiger partial charge in [0.25, 0.3) is 5.56 Å². The summed E-state index contributed by atoms with van der Waals surface area (Å²) in [6.07, 6.45) is 2.81. The first-order valence-corrected chi connectivity index (χ1v) is 15.3. The lowest BCUT2D eigenvalue weighted by Gasteiger charge is -2.41. The molecule has 1 aromatic carbocycles. The highest BCUT2D eigenvalue weighted by Gasteiger charge is 2.33. The number of aryl methyl sites for hydroxylation is 1. The SMILES string of the molecule is C=CC(=O)N1CCN(c2c(C#N)c(=O)n(-c3c(C)ccnc3C(C)C)c3nc(-c4c(F)c(O)c(Cl)c(F)c4Cl)c(Cl)cc23)C[C@H]1C. The van der Waals surface area contributed by atoms with Crippen LogP contribution in [0.2, 0.25) is 15.1 Å². The summed E-state index contributed by atoms with van der Waals surface area (Å²) in [7, 11) is 0. The molecule has 4 aromatic rings. The molecule has 1 N–H and O–H groups in total. The molecule has 9 nitrogen and oxygen atoms in total. The highest BCUT2D eigenvalue weighted by Crippen LogP contribution is 2.45. The zero-order valence-corrected chi connectivity index (χ0v) is 27.4. The Labute approximate surface area is 277 Å². The number of carbonyl (C=O) groups is 1. The molecule has 0 bridgehead atoms. The Kier molecular flexibility index (Phi) is 9.01. The van der Waals surface area contributed by atoms with Crippen molar-refractivity contribution in [1.29, 1.82) is 5.26 Å². The van der Waals surface area contributed by atoms with Crippen molar-refractivity contribution in [3.8, 4) is 28.8 Å². The first kappa shape index (κ1) is 33.1. The predicted molar refractivity (Wildman–Crippen MR) is 174 cm³/mol. The second-order valence-electron chi connectivity index (χ2n) is 11.2. The molecule has 1 aliphatic heterocycles. The van der Waals surface area contributed by atoms with Crippen LogP contribution in [0.25, 0.3) is 28.0 Å².